The summed E-state index contributed by atoms with van der Waals surface area (Å²) in [5.74, 6) is 0.181. The predicted octanol–water partition coefficient (Wildman–Crippen LogP) is 4.92. The Morgan fingerprint density at radius 1 is 1.34 bits per heavy atom. The number of nitrogens with one attached hydrogen (secondary N) is 1. The van der Waals surface area contributed by atoms with Crippen LogP contribution in [0, 0.1) is 0 Å². The fourth-order valence-electron chi connectivity index (χ4n) is 3.13. The van der Waals surface area contributed by atoms with E-state index in [2.05, 4.69) is 22.0 Å². The molecule has 0 saturated carbocycles. The van der Waals surface area contributed by atoms with E-state index in [0.29, 0.717) is 17.2 Å². The number of aromatic nitrogens is 3. The predicted molar refractivity (Wildman–Crippen MR) is 125 cm³/mol. The summed E-state index contributed by atoms with van der Waals surface area (Å²) >= 11 is 0. The zero-order valence-electron chi connectivity index (χ0n) is 20.0. The van der Waals surface area contributed by atoms with Gasteiger partial charge in [0.2, 0.25) is 5.91 Å². The Kier molecular flexibility index (Phi) is 6.20. The molecule has 32 heavy (non-hydrogen) atoms. The molecule has 8 nitrogen and oxygen atoms in total. The van der Waals surface area contributed by atoms with Crippen molar-refractivity contribution >= 4 is 29.2 Å². The molecule has 2 aromatic heterocycles. The van der Waals surface area contributed by atoms with Crippen LogP contribution < -0.4 is 10.2 Å². The average Bonchev–Trinajstić information content (AvgIpc) is 3.14. The Labute approximate surface area is 189 Å². The minimum absolute atomic E-state index is 0.0143. The van der Waals surface area contributed by atoms with Crippen LogP contribution in [0.3, 0.4) is 0 Å². The third-order valence-corrected chi connectivity index (χ3v) is 4.59. The SMILES string of the molecule is [2H]c1cc(N(Cc2cccc(NC(=O)C=C)c2)C(=O)OC(C)(C)C)n2ncc(C(C)C)c2n1. The van der Waals surface area contributed by atoms with Crippen LogP contribution >= 0.6 is 0 Å². The van der Waals surface area contributed by atoms with Gasteiger partial charge in [0.1, 0.15) is 11.4 Å². The summed E-state index contributed by atoms with van der Waals surface area (Å²) in [6, 6.07) is 8.62. The van der Waals surface area contributed by atoms with E-state index >= 15 is 0 Å². The van der Waals surface area contributed by atoms with Gasteiger partial charge < -0.3 is 10.1 Å². The smallest absolute Gasteiger partial charge is 0.416 e. The van der Waals surface area contributed by atoms with Crippen molar-refractivity contribution in [3.8, 4) is 0 Å². The largest absolute Gasteiger partial charge is 0.443 e. The lowest BCUT2D eigenvalue weighted by Gasteiger charge is -2.27. The summed E-state index contributed by atoms with van der Waals surface area (Å²) in [5.41, 5.74) is 1.99. The van der Waals surface area contributed by atoms with E-state index in [1.54, 1.807) is 49.7 Å². The van der Waals surface area contributed by atoms with Gasteiger partial charge in [0, 0.05) is 17.4 Å². The molecule has 1 N–H and O–H groups in total. The number of carbonyl (C=O) groups is 2. The number of rotatable bonds is 6. The van der Waals surface area contributed by atoms with Gasteiger partial charge >= 0.3 is 6.09 Å². The Balaban J connectivity index is 2.09. The first-order chi connectivity index (χ1) is 15.5. The highest BCUT2D eigenvalue weighted by Crippen LogP contribution is 2.26. The summed E-state index contributed by atoms with van der Waals surface area (Å²) in [4.78, 5) is 30.7. The average molecular weight is 437 g/mol. The summed E-state index contributed by atoms with van der Waals surface area (Å²) in [6.45, 7) is 13.0. The fourth-order valence-corrected chi connectivity index (χ4v) is 3.13. The van der Waals surface area contributed by atoms with Gasteiger partial charge in [0.25, 0.3) is 0 Å². The van der Waals surface area contributed by atoms with Crippen LogP contribution in [0.15, 0.2) is 55.4 Å². The van der Waals surface area contributed by atoms with Gasteiger partial charge in [-0.05, 0) is 56.5 Å². The number of amides is 2. The van der Waals surface area contributed by atoms with Crippen molar-refractivity contribution in [1.29, 1.82) is 0 Å². The number of nitrogens with zero attached hydrogens (tertiary/aromatic N) is 4. The van der Waals surface area contributed by atoms with Crippen LogP contribution in [0.1, 0.15) is 53.0 Å². The van der Waals surface area contributed by atoms with Crippen LogP contribution in [-0.2, 0) is 16.1 Å². The maximum Gasteiger partial charge on any atom is 0.416 e. The lowest BCUT2D eigenvalue weighted by molar-refractivity contribution is -0.111. The molecule has 1 aromatic carbocycles. The summed E-state index contributed by atoms with van der Waals surface area (Å²) in [6.07, 6.45) is 2.32. The monoisotopic (exact) mass is 436 g/mol. The zero-order valence-corrected chi connectivity index (χ0v) is 19.0. The van der Waals surface area contributed by atoms with E-state index in [9.17, 15) is 9.59 Å². The van der Waals surface area contributed by atoms with Gasteiger partial charge in [0.15, 0.2) is 5.65 Å². The van der Waals surface area contributed by atoms with E-state index < -0.39 is 11.7 Å². The van der Waals surface area contributed by atoms with Crippen molar-refractivity contribution in [3.05, 3.63) is 66.5 Å². The molecule has 0 atom stereocenters. The maximum atomic E-state index is 13.3. The molecular formula is C24H29N5O3. The van der Waals surface area contributed by atoms with Crippen LogP contribution in [-0.4, -0.2) is 32.2 Å². The van der Waals surface area contributed by atoms with Gasteiger partial charge in [0.05, 0.1) is 14.1 Å². The summed E-state index contributed by atoms with van der Waals surface area (Å²) in [7, 11) is 0. The number of ether oxygens (including phenoxy) is 1. The number of hydrogen-bond acceptors (Lipinski definition) is 5. The molecule has 0 spiro atoms. The van der Waals surface area contributed by atoms with Crippen molar-refractivity contribution in [2.24, 2.45) is 0 Å². The molecule has 0 aliphatic carbocycles. The van der Waals surface area contributed by atoms with Crippen molar-refractivity contribution in [2.75, 3.05) is 10.2 Å². The molecule has 2 heterocycles. The molecular weight excluding hydrogens is 406 g/mol. The zero-order chi connectivity index (χ0) is 24.3. The Morgan fingerprint density at radius 3 is 2.75 bits per heavy atom. The van der Waals surface area contributed by atoms with Crippen molar-refractivity contribution in [1.82, 2.24) is 14.6 Å². The topological polar surface area (TPSA) is 88.8 Å². The van der Waals surface area contributed by atoms with E-state index in [1.165, 1.54) is 17.0 Å². The lowest BCUT2D eigenvalue weighted by atomic mass is 10.1. The third-order valence-electron chi connectivity index (χ3n) is 4.59. The molecule has 0 bridgehead atoms. The van der Waals surface area contributed by atoms with E-state index in [1.807, 2.05) is 19.9 Å². The quantitative estimate of drug-likeness (QED) is 0.554. The first-order valence-corrected chi connectivity index (χ1v) is 10.4. The van der Waals surface area contributed by atoms with Crippen molar-refractivity contribution in [3.63, 3.8) is 0 Å². The Hall–Kier alpha value is -3.68. The minimum atomic E-state index is -0.724. The normalized spacial score (nSPS) is 11.9. The summed E-state index contributed by atoms with van der Waals surface area (Å²) in [5, 5.41) is 7.16. The van der Waals surface area contributed by atoms with Crippen LogP contribution in [0.4, 0.5) is 16.3 Å². The molecule has 3 rings (SSSR count). The molecule has 8 heteroatoms. The molecule has 168 valence electrons. The highest BCUT2D eigenvalue weighted by Gasteiger charge is 2.26. The first kappa shape index (κ1) is 21.5. The van der Waals surface area contributed by atoms with E-state index in [4.69, 9.17) is 6.11 Å². The minimum Gasteiger partial charge on any atom is -0.443 e. The van der Waals surface area contributed by atoms with Gasteiger partial charge in [-0.1, -0.05) is 32.6 Å². The van der Waals surface area contributed by atoms with Crippen LogP contribution in [0.25, 0.3) is 5.65 Å². The number of fused-ring (bicyclic) bond motifs is 1. The maximum absolute atomic E-state index is 13.3. The molecule has 0 unspecified atom stereocenters. The lowest BCUT2D eigenvalue weighted by Crippen LogP contribution is -2.37. The van der Waals surface area contributed by atoms with Gasteiger partial charge in [-0.3, -0.25) is 9.69 Å². The first-order valence-electron chi connectivity index (χ1n) is 10.9. The van der Waals surface area contributed by atoms with Crippen LogP contribution in [0.5, 0.6) is 0 Å². The molecule has 0 fully saturated rings. The molecule has 0 radical (unpaired) electrons. The second kappa shape index (κ2) is 9.21. The Bertz CT molecular complexity index is 1200. The van der Waals surface area contributed by atoms with Gasteiger partial charge in [-0.25, -0.2) is 9.78 Å². The molecule has 3 aromatic rings. The number of benzene rings is 1. The highest BCUT2D eigenvalue weighted by atomic mass is 16.6. The van der Waals surface area contributed by atoms with Crippen LogP contribution in [0.2, 0.25) is 0 Å². The third kappa shape index (κ3) is 5.32. The van der Waals surface area contributed by atoms with Crippen molar-refractivity contribution < 1.29 is 15.7 Å². The number of hydrogen-bond donors (Lipinski definition) is 1. The number of carbonyl (C=O) groups excluding carboxylic acids is 2. The summed E-state index contributed by atoms with van der Waals surface area (Å²) < 4.78 is 15.5. The van der Waals surface area contributed by atoms with E-state index in [-0.39, 0.29) is 24.5 Å². The van der Waals surface area contributed by atoms with E-state index in [0.717, 1.165) is 11.1 Å². The molecule has 2 amide bonds. The molecule has 0 aliphatic rings. The number of anilines is 2. The second-order valence-electron chi connectivity index (χ2n) is 8.69. The highest BCUT2D eigenvalue weighted by molar-refractivity contribution is 5.98. The fraction of sp³-hybridized carbons (Fsp3) is 0.333. The van der Waals surface area contributed by atoms with Crippen molar-refractivity contribution in [2.45, 2.75) is 52.7 Å². The van der Waals surface area contributed by atoms with Gasteiger partial charge in [-0.2, -0.15) is 9.61 Å². The van der Waals surface area contributed by atoms with Gasteiger partial charge in [-0.15, -0.1) is 0 Å². The Morgan fingerprint density at radius 2 is 2.09 bits per heavy atom. The molecule has 0 saturated heterocycles. The second-order valence-corrected chi connectivity index (χ2v) is 8.69. The standard InChI is InChI=1S/C24H29N5O3/c1-7-20(30)27-18-10-8-9-17(13-18)15-28(23(31)32-24(4,5)6)21-11-12-25-22-19(16(2)3)14-26-29(21)22/h7-14,16H,1,15H2,2-6H3,(H,27,30)/i12D. The molecule has 0 aliphatic heterocycles.